The van der Waals surface area contributed by atoms with Crippen LogP contribution in [0.5, 0.6) is 0 Å². The van der Waals surface area contributed by atoms with Gasteiger partial charge in [0.2, 0.25) is 6.04 Å². The minimum Gasteiger partial charge on any atom is -0.341 e. The fourth-order valence-corrected chi connectivity index (χ4v) is 3.98. The fraction of sp³-hybridized carbons (Fsp3) is 0.250. The van der Waals surface area contributed by atoms with Crippen molar-refractivity contribution in [3.05, 3.63) is 72.1 Å². The number of amides is 1. The zero-order valence-corrected chi connectivity index (χ0v) is 16.9. The first kappa shape index (κ1) is 18.2. The van der Waals surface area contributed by atoms with E-state index in [2.05, 4.69) is 66.2 Å². The zero-order chi connectivity index (χ0) is 19.8. The van der Waals surface area contributed by atoms with Crippen LogP contribution in [0.3, 0.4) is 0 Å². The maximum atomic E-state index is 12.9. The molecule has 4 rings (SSSR count). The third-order valence-electron chi connectivity index (χ3n) is 5.70. The second kappa shape index (κ2) is 7.12. The number of hydrogen-bond donors (Lipinski definition) is 1. The van der Waals surface area contributed by atoms with Crippen LogP contribution in [0.2, 0.25) is 0 Å². The van der Waals surface area contributed by atoms with Crippen molar-refractivity contribution in [1.82, 2.24) is 4.57 Å². The molecule has 0 aliphatic heterocycles. The first-order valence-electron chi connectivity index (χ1n) is 9.80. The third kappa shape index (κ3) is 2.95. The summed E-state index contributed by atoms with van der Waals surface area (Å²) in [5.41, 5.74) is 5.53. The minimum absolute atomic E-state index is 0.0164. The molecule has 28 heavy (non-hydrogen) atoms. The Morgan fingerprint density at radius 1 is 1.04 bits per heavy atom. The summed E-state index contributed by atoms with van der Waals surface area (Å²) in [4.78, 5) is 12.9. The number of benzene rings is 2. The molecule has 0 bridgehead atoms. The lowest BCUT2D eigenvalue weighted by atomic mass is 10.1. The van der Waals surface area contributed by atoms with Gasteiger partial charge in [-0.05, 0) is 44.2 Å². The van der Waals surface area contributed by atoms with E-state index in [0.717, 1.165) is 17.9 Å². The topological polar surface area (TPSA) is 37.9 Å². The molecule has 4 aromatic rings. The molecule has 0 saturated heterocycles. The molecule has 0 fully saturated rings. The van der Waals surface area contributed by atoms with Crippen molar-refractivity contribution < 1.29 is 9.36 Å². The highest BCUT2D eigenvalue weighted by atomic mass is 16.2. The molecule has 0 radical (unpaired) electrons. The number of anilines is 1. The van der Waals surface area contributed by atoms with Gasteiger partial charge in [0.15, 0.2) is 11.9 Å². The van der Waals surface area contributed by atoms with Crippen LogP contribution >= 0.6 is 0 Å². The van der Waals surface area contributed by atoms with E-state index in [1.54, 1.807) is 0 Å². The van der Waals surface area contributed by atoms with Crippen LogP contribution in [-0.2, 0) is 11.3 Å². The Morgan fingerprint density at radius 2 is 1.79 bits per heavy atom. The van der Waals surface area contributed by atoms with Crippen LogP contribution in [0.1, 0.15) is 31.1 Å². The second-order valence-electron chi connectivity index (χ2n) is 7.34. The highest BCUT2D eigenvalue weighted by Gasteiger charge is 2.25. The monoisotopic (exact) mass is 372 g/mol. The lowest BCUT2D eigenvalue weighted by Crippen LogP contribution is -2.47. The predicted octanol–water partition coefficient (Wildman–Crippen LogP) is 4.92. The lowest BCUT2D eigenvalue weighted by molar-refractivity contribution is -0.711. The molecule has 0 unspecified atom stereocenters. The summed E-state index contributed by atoms with van der Waals surface area (Å²) in [5, 5.41) is 5.49. The van der Waals surface area contributed by atoms with Crippen molar-refractivity contribution in [3.63, 3.8) is 0 Å². The molecule has 1 amide bonds. The third-order valence-corrected chi connectivity index (χ3v) is 5.70. The highest BCUT2D eigenvalue weighted by molar-refractivity contribution is 6.09. The van der Waals surface area contributed by atoms with Gasteiger partial charge in [-0.2, -0.15) is 4.57 Å². The van der Waals surface area contributed by atoms with E-state index in [4.69, 9.17) is 0 Å². The largest absolute Gasteiger partial charge is 0.341 e. The molecule has 142 valence electrons. The number of aryl methyl sites for hydroxylation is 2. The van der Waals surface area contributed by atoms with Crippen LogP contribution in [0.4, 0.5) is 5.69 Å². The van der Waals surface area contributed by atoms with Gasteiger partial charge in [0, 0.05) is 59.5 Å². The van der Waals surface area contributed by atoms with Crippen molar-refractivity contribution in [2.75, 3.05) is 5.32 Å². The predicted molar refractivity (Wildman–Crippen MR) is 115 cm³/mol. The summed E-state index contributed by atoms with van der Waals surface area (Å²) in [5.74, 6) is -0.0164. The van der Waals surface area contributed by atoms with Crippen molar-refractivity contribution in [3.8, 4) is 0 Å². The molecular formula is C24H26N3O+. The van der Waals surface area contributed by atoms with Gasteiger partial charge in [0.05, 0.1) is 0 Å². The number of para-hydroxylation sites is 1. The molecule has 2 aromatic carbocycles. The van der Waals surface area contributed by atoms with E-state index in [1.807, 2.05) is 36.7 Å². The Bertz CT molecular complexity index is 1190. The second-order valence-corrected chi connectivity index (χ2v) is 7.34. The van der Waals surface area contributed by atoms with E-state index < -0.39 is 0 Å². The molecule has 0 aliphatic carbocycles. The van der Waals surface area contributed by atoms with Crippen molar-refractivity contribution in [1.29, 1.82) is 0 Å². The summed E-state index contributed by atoms with van der Waals surface area (Å²) in [6.45, 7) is 9.11. The first-order valence-corrected chi connectivity index (χ1v) is 9.80. The van der Waals surface area contributed by atoms with E-state index in [1.165, 1.54) is 27.4 Å². The van der Waals surface area contributed by atoms with Gasteiger partial charge in [-0.1, -0.05) is 18.2 Å². The number of aromatic nitrogens is 2. The maximum absolute atomic E-state index is 12.9. The molecule has 2 heterocycles. The van der Waals surface area contributed by atoms with Crippen LogP contribution in [-0.4, -0.2) is 10.5 Å². The summed E-state index contributed by atoms with van der Waals surface area (Å²) >= 11 is 0. The van der Waals surface area contributed by atoms with Crippen LogP contribution in [0.15, 0.2) is 60.8 Å². The van der Waals surface area contributed by atoms with Crippen LogP contribution < -0.4 is 9.88 Å². The average molecular weight is 372 g/mol. The molecule has 1 atom stereocenters. The summed E-state index contributed by atoms with van der Waals surface area (Å²) < 4.78 is 4.33. The highest BCUT2D eigenvalue weighted by Crippen LogP contribution is 2.31. The fourth-order valence-electron chi connectivity index (χ4n) is 3.98. The standard InChI is InChI=1S/C24H25N3O/c1-5-26-22-11-7-6-10-20(22)21-15-19(12-13-23(21)26)25-24(28)18(4)27-14-8-9-16(2)17(27)3/h6-15,18H,5H2,1-4H3/p+1/t18-/m0/s1. The number of carbonyl (C=O) groups excluding carboxylic acids is 1. The molecule has 1 N–H and O–H groups in total. The molecule has 0 aliphatic rings. The zero-order valence-electron chi connectivity index (χ0n) is 16.9. The first-order chi connectivity index (χ1) is 13.5. The maximum Gasteiger partial charge on any atom is 0.293 e. The SMILES string of the molecule is CCn1c2ccccc2c2cc(NC(=O)[C@H](C)[n+]3cccc(C)c3C)ccc21. The van der Waals surface area contributed by atoms with Gasteiger partial charge in [-0.3, -0.25) is 4.79 Å². The summed E-state index contributed by atoms with van der Waals surface area (Å²) in [6.07, 6.45) is 1.96. The Kier molecular flexibility index (Phi) is 4.63. The Balaban J connectivity index is 1.69. The Morgan fingerprint density at radius 3 is 2.57 bits per heavy atom. The lowest BCUT2D eigenvalue weighted by Gasteiger charge is -2.12. The number of hydrogen-bond acceptors (Lipinski definition) is 1. The Labute approximate surface area is 165 Å². The number of nitrogens with zero attached hydrogens (tertiary/aromatic N) is 2. The summed E-state index contributed by atoms with van der Waals surface area (Å²) in [6, 6.07) is 18.4. The molecule has 0 saturated carbocycles. The van der Waals surface area contributed by atoms with Gasteiger partial charge in [-0.25, -0.2) is 0 Å². The van der Waals surface area contributed by atoms with Gasteiger partial charge in [-0.15, -0.1) is 0 Å². The molecule has 4 heteroatoms. The minimum atomic E-state index is -0.285. The number of fused-ring (bicyclic) bond motifs is 3. The van der Waals surface area contributed by atoms with E-state index >= 15 is 0 Å². The molecule has 0 spiro atoms. The van der Waals surface area contributed by atoms with Crippen LogP contribution in [0, 0.1) is 13.8 Å². The van der Waals surface area contributed by atoms with Crippen molar-refractivity contribution in [2.45, 2.75) is 40.3 Å². The van der Waals surface area contributed by atoms with E-state index in [-0.39, 0.29) is 11.9 Å². The normalized spacial score (nSPS) is 12.4. The van der Waals surface area contributed by atoms with E-state index in [9.17, 15) is 4.79 Å². The number of carbonyl (C=O) groups is 1. The molecular weight excluding hydrogens is 346 g/mol. The van der Waals surface area contributed by atoms with Crippen molar-refractivity contribution >= 4 is 33.4 Å². The average Bonchev–Trinajstić information content (AvgIpc) is 3.02. The number of pyridine rings is 1. The number of nitrogens with one attached hydrogen (secondary N) is 1. The van der Waals surface area contributed by atoms with Gasteiger partial charge >= 0.3 is 0 Å². The Hall–Kier alpha value is -3.14. The molecule has 4 nitrogen and oxygen atoms in total. The van der Waals surface area contributed by atoms with Crippen molar-refractivity contribution in [2.24, 2.45) is 0 Å². The smallest absolute Gasteiger partial charge is 0.293 e. The number of rotatable bonds is 4. The van der Waals surface area contributed by atoms with Gasteiger partial charge in [0.1, 0.15) is 0 Å². The van der Waals surface area contributed by atoms with Gasteiger partial charge < -0.3 is 9.88 Å². The van der Waals surface area contributed by atoms with Crippen LogP contribution in [0.25, 0.3) is 21.8 Å². The van der Waals surface area contributed by atoms with E-state index in [0.29, 0.717) is 0 Å². The summed E-state index contributed by atoms with van der Waals surface area (Å²) in [7, 11) is 0. The quantitative estimate of drug-likeness (QED) is 0.507. The molecule has 2 aromatic heterocycles. The van der Waals surface area contributed by atoms with Gasteiger partial charge in [0.25, 0.3) is 5.91 Å².